The highest BCUT2D eigenvalue weighted by molar-refractivity contribution is 5.84. The Morgan fingerprint density at radius 1 is 1.00 bits per heavy atom. The maximum atomic E-state index is 5.74. The van der Waals surface area contributed by atoms with Crippen LogP contribution >= 0.6 is 0 Å². The predicted octanol–water partition coefficient (Wildman–Crippen LogP) is 4.16. The Balaban J connectivity index is 1.58. The smallest absolute Gasteiger partial charge is 0.322 e. The summed E-state index contributed by atoms with van der Waals surface area (Å²) in [5, 5.41) is 11.1. The van der Waals surface area contributed by atoms with Crippen LogP contribution in [0.4, 0.5) is 12.0 Å². The Hall–Kier alpha value is -3.75. The van der Waals surface area contributed by atoms with Crippen molar-refractivity contribution in [3.63, 3.8) is 0 Å². The summed E-state index contributed by atoms with van der Waals surface area (Å²) in [5.41, 5.74) is 2.27. The van der Waals surface area contributed by atoms with Gasteiger partial charge in [-0.2, -0.15) is 0 Å². The number of aromatic amines is 1. The highest BCUT2D eigenvalue weighted by Gasteiger charge is 2.14. The maximum absolute atomic E-state index is 5.74. The third kappa shape index (κ3) is 3.79. The van der Waals surface area contributed by atoms with Crippen molar-refractivity contribution in [2.75, 3.05) is 25.6 Å². The molecule has 0 bridgehead atoms. The summed E-state index contributed by atoms with van der Waals surface area (Å²) in [6.07, 6.45) is 0. The Bertz CT molecular complexity index is 1120. The number of methoxy groups -OCH3 is 1. The van der Waals surface area contributed by atoms with Crippen molar-refractivity contribution in [1.82, 2.24) is 20.2 Å². The average molecular weight is 395 g/mol. The number of ether oxygens (including phenoxy) is 3. The van der Waals surface area contributed by atoms with E-state index in [1.807, 2.05) is 50.2 Å². The fourth-order valence-corrected chi connectivity index (χ4v) is 2.91. The number of fused-ring (bicyclic) bond motifs is 1. The van der Waals surface area contributed by atoms with Crippen LogP contribution in [0, 0.1) is 0 Å². The Kier molecular flexibility index (Phi) is 5.19. The molecule has 0 unspecified atom stereocenters. The summed E-state index contributed by atoms with van der Waals surface area (Å²) in [7, 11) is 1.61. The Labute approximate surface area is 167 Å². The van der Waals surface area contributed by atoms with Gasteiger partial charge in [-0.25, -0.2) is 4.98 Å². The molecule has 9 nitrogen and oxygen atoms in total. The Morgan fingerprint density at radius 3 is 2.62 bits per heavy atom. The largest absolute Gasteiger partial charge is 0.494 e. The van der Waals surface area contributed by atoms with E-state index in [1.165, 1.54) is 0 Å². The normalized spacial score (nSPS) is 10.9. The van der Waals surface area contributed by atoms with Gasteiger partial charge in [-0.1, -0.05) is 11.2 Å². The second-order valence-electron chi connectivity index (χ2n) is 6.01. The van der Waals surface area contributed by atoms with Crippen LogP contribution in [0.3, 0.4) is 0 Å². The van der Waals surface area contributed by atoms with Crippen molar-refractivity contribution < 1.29 is 18.6 Å². The number of H-pyrrole nitrogens is 1. The molecule has 0 aliphatic carbocycles. The van der Waals surface area contributed by atoms with Crippen LogP contribution in [-0.4, -0.2) is 40.5 Å². The first-order valence-electron chi connectivity index (χ1n) is 9.25. The first-order chi connectivity index (χ1) is 14.2. The predicted molar refractivity (Wildman–Crippen MR) is 108 cm³/mol. The topological polar surface area (TPSA) is 107 Å². The van der Waals surface area contributed by atoms with E-state index >= 15 is 0 Å². The zero-order valence-electron chi connectivity index (χ0n) is 16.4. The number of imidazole rings is 1. The van der Waals surface area contributed by atoms with Gasteiger partial charge in [0, 0.05) is 5.56 Å². The van der Waals surface area contributed by atoms with Gasteiger partial charge in [-0.15, -0.1) is 5.10 Å². The lowest BCUT2D eigenvalue weighted by Gasteiger charge is -2.11. The molecule has 150 valence electrons. The van der Waals surface area contributed by atoms with Gasteiger partial charge in [0.2, 0.25) is 11.8 Å². The minimum atomic E-state index is 0.213. The minimum absolute atomic E-state index is 0.213. The summed E-state index contributed by atoms with van der Waals surface area (Å²) in [4.78, 5) is 7.62. The zero-order valence-corrected chi connectivity index (χ0v) is 16.4. The van der Waals surface area contributed by atoms with E-state index in [9.17, 15) is 0 Å². The molecule has 0 spiro atoms. The van der Waals surface area contributed by atoms with E-state index < -0.39 is 0 Å². The van der Waals surface area contributed by atoms with Crippen LogP contribution in [0.5, 0.6) is 17.2 Å². The lowest BCUT2D eigenvalue weighted by molar-refractivity contribution is 0.288. The van der Waals surface area contributed by atoms with Crippen molar-refractivity contribution in [1.29, 1.82) is 0 Å². The number of nitrogens with zero attached hydrogens (tertiary/aromatic N) is 3. The molecule has 0 fully saturated rings. The lowest BCUT2D eigenvalue weighted by Crippen LogP contribution is -1.98. The van der Waals surface area contributed by atoms with Crippen molar-refractivity contribution >= 4 is 23.0 Å². The van der Waals surface area contributed by atoms with Crippen LogP contribution < -0.4 is 19.5 Å². The molecule has 29 heavy (non-hydrogen) atoms. The second kappa shape index (κ2) is 8.09. The summed E-state index contributed by atoms with van der Waals surface area (Å²) in [5.74, 6) is 2.80. The van der Waals surface area contributed by atoms with E-state index in [-0.39, 0.29) is 6.01 Å². The number of hydrogen-bond donors (Lipinski definition) is 2. The third-order valence-electron chi connectivity index (χ3n) is 4.14. The van der Waals surface area contributed by atoms with Gasteiger partial charge in [0.25, 0.3) is 0 Å². The van der Waals surface area contributed by atoms with Gasteiger partial charge >= 0.3 is 6.01 Å². The van der Waals surface area contributed by atoms with Crippen LogP contribution in [0.15, 0.2) is 40.8 Å². The molecule has 9 heteroatoms. The van der Waals surface area contributed by atoms with E-state index in [1.54, 1.807) is 7.11 Å². The molecule has 0 atom stereocenters. The van der Waals surface area contributed by atoms with Crippen LogP contribution in [-0.2, 0) is 0 Å². The molecule has 0 saturated carbocycles. The summed E-state index contributed by atoms with van der Waals surface area (Å²) in [6.45, 7) is 4.92. The molecule has 0 aliphatic rings. The molecule has 0 saturated heterocycles. The van der Waals surface area contributed by atoms with Crippen molar-refractivity contribution in [2.24, 2.45) is 0 Å². The number of anilines is 2. The van der Waals surface area contributed by atoms with Crippen LogP contribution in [0.1, 0.15) is 13.8 Å². The quantitative estimate of drug-likeness (QED) is 0.458. The summed E-state index contributed by atoms with van der Waals surface area (Å²) >= 11 is 0. The van der Waals surface area contributed by atoms with E-state index in [0.717, 1.165) is 11.1 Å². The first-order valence-corrected chi connectivity index (χ1v) is 9.25. The lowest BCUT2D eigenvalue weighted by atomic mass is 10.2. The van der Waals surface area contributed by atoms with Gasteiger partial charge < -0.3 is 23.6 Å². The van der Waals surface area contributed by atoms with Gasteiger partial charge in [0.05, 0.1) is 25.8 Å². The number of para-hydroxylation sites is 1. The van der Waals surface area contributed by atoms with Gasteiger partial charge in [0.1, 0.15) is 11.3 Å². The number of hydrogen-bond acceptors (Lipinski definition) is 8. The first kappa shape index (κ1) is 18.6. The molecule has 2 aromatic carbocycles. The molecule has 0 radical (unpaired) electrons. The van der Waals surface area contributed by atoms with Gasteiger partial charge in [0.15, 0.2) is 11.5 Å². The molecule has 0 amide bonds. The minimum Gasteiger partial charge on any atom is -0.494 e. The number of nitrogens with one attached hydrogen (secondary N) is 2. The van der Waals surface area contributed by atoms with E-state index in [4.69, 9.17) is 18.6 Å². The van der Waals surface area contributed by atoms with Crippen molar-refractivity contribution in [2.45, 2.75) is 13.8 Å². The van der Waals surface area contributed by atoms with E-state index in [0.29, 0.717) is 47.8 Å². The summed E-state index contributed by atoms with van der Waals surface area (Å²) < 4.78 is 22.3. The number of benzene rings is 2. The van der Waals surface area contributed by atoms with Gasteiger partial charge in [-0.05, 0) is 44.2 Å². The molecule has 2 N–H and O–H groups in total. The molecule has 4 aromatic rings. The molecular weight excluding hydrogens is 374 g/mol. The SMILES string of the molecule is CCOc1ccc(-c2nnc(Nc3nc4c(OC)cccc4[nH]3)o2)cc1OCC. The molecular formula is C20H21N5O4. The monoisotopic (exact) mass is 395 g/mol. The van der Waals surface area contributed by atoms with Crippen LogP contribution in [0.25, 0.3) is 22.5 Å². The van der Waals surface area contributed by atoms with E-state index in [2.05, 4.69) is 25.5 Å². The summed E-state index contributed by atoms with van der Waals surface area (Å²) in [6, 6.07) is 11.3. The molecule has 4 rings (SSSR count). The number of aromatic nitrogens is 4. The maximum Gasteiger partial charge on any atom is 0.322 e. The standard InChI is InChI=1S/C20H21N5O4/c1-4-27-14-10-9-12(11-16(14)28-5-2)18-24-25-20(29-18)23-19-21-13-7-6-8-15(26-3)17(13)22-19/h6-11H,4-5H2,1-3H3,(H2,21,22,23,25). The van der Waals surface area contributed by atoms with Crippen molar-refractivity contribution in [3.8, 4) is 28.7 Å². The average Bonchev–Trinajstić information content (AvgIpc) is 3.36. The third-order valence-corrected chi connectivity index (χ3v) is 4.14. The van der Waals surface area contributed by atoms with Crippen LogP contribution in [0.2, 0.25) is 0 Å². The highest BCUT2D eigenvalue weighted by atomic mass is 16.5. The second-order valence-corrected chi connectivity index (χ2v) is 6.01. The molecule has 2 aromatic heterocycles. The Morgan fingerprint density at radius 2 is 1.83 bits per heavy atom. The van der Waals surface area contributed by atoms with Crippen molar-refractivity contribution in [3.05, 3.63) is 36.4 Å². The fraction of sp³-hybridized carbons (Fsp3) is 0.250. The molecule has 2 heterocycles. The molecule has 0 aliphatic heterocycles. The number of rotatable bonds is 8. The fourth-order valence-electron chi connectivity index (χ4n) is 2.91. The zero-order chi connectivity index (χ0) is 20.2. The highest BCUT2D eigenvalue weighted by Crippen LogP contribution is 2.33. The van der Waals surface area contributed by atoms with Gasteiger partial charge in [-0.3, -0.25) is 5.32 Å².